The summed E-state index contributed by atoms with van der Waals surface area (Å²) >= 11 is 0. The van der Waals surface area contributed by atoms with Crippen LogP contribution in [-0.2, 0) is 11.3 Å². The minimum Gasteiger partial charge on any atom is -0.399 e. The number of nitrogens with zero attached hydrogens (tertiary/aromatic N) is 3. The number of methoxy groups -OCH3 is 1. The summed E-state index contributed by atoms with van der Waals surface area (Å²) in [6.45, 7) is 7.94. The number of anilines is 1. The fourth-order valence-electron chi connectivity index (χ4n) is 2.47. The van der Waals surface area contributed by atoms with Gasteiger partial charge in [-0.15, -0.1) is 0 Å². The van der Waals surface area contributed by atoms with Gasteiger partial charge in [-0.25, -0.2) is 4.98 Å². The SMILES string of the molecule is COCCN(C)CCn1c(C(C)C)nc2cc(N)ccc21. The number of hydrogen-bond donors (Lipinski definition) is 1. The van der Waals surface area contributed by atoms with E-state index in [1.165, 1.54) is 0 Å². The third-order valence-corrected chi connectivity index (χ3v) is 3.70. The molecule has 1 heterocycles. The molecule has 0 saturated carbocycles. The molecular formula is C16H26N4O. The highest BCUT2D eigenvalue weighted by Gasteiger charge is 2.14. The molecule has 0 unspecified atom stereocenters. The van der Waals surface area contributed by atoms with Gasteiger partial charge in [-0.3, -0.25) is 0 Å². The van der Waals surface area contributed by atoms with Gasteiger partial charge in [-0.1, -0.05) is 13.8 Å². The van der Waals surface area contributed by atoms with E-state index in [-0.39, 0.29) is 0 Å². The number of benzene rings is 1. The minimum absolute atomic E-state index is 0.392. The van der Waals surface area contributed by atoms with Crippen LogP contribution in [0.3, 0.4) is 0 Å². The Morgan fingerprint density at radius 1 is 1.33 bits per heavy atom. The monoisotopic (exact) mass is 290 g/mol. The molecule has 2 rings (SSSR count). The summed E-state index contributed by atoms with van der Waals surface area (Å²) in [5.41, 5.74) is 8.77. The van der Waals surface area contributed by atoms with Gasteiger partial charge in [0.2, 0.25) is 0 Å². The molecule has 2 aromatic rings. The smallest absolute Gasteiger partial charge is 0.112 e. The number of fused-ring (bicyclic) bond motifs is 1. The molecule has 5 nitrogen and oxygen atoms in total. The third-order valence-electron chi connectivity index (χ3n) is 3.70. The maximum Gasteiger partial charge on any atom is 0.112 e. The quantitative estimate of drug-likeness (QED) is 0.795. The van der Waals surface area contributed by atoms with Crippen molar-refractivity contribution >= 4 is 16.7 Å². The molecule has 5 heteroatoms. The summed E-state index contributed by atoms with van der Waals surface area (Å²) in [6, 6.07) is 5.96. The van der Waals surface area contributed by atoms with Gasteiger partial charge >= 0.3 is 0 Å². The molecular weight excluding hydrogens is 264 g/mol. The zero-order chi connectivity index (χ0) is 15.4. The van der Waals surface area contributed by atoms with E-state index < -0.39 is 0 Å². The average molecular weight is 290 g/mol. The van der Waals surface area contributed by atoms with Crippen LogP contribution in [0.2, 0.25) is 0 Å². The standard InChI is InChI=1S/C16H26N4O/c1-12(2)16-18-14-11-13(17)5-6-15(14)20(16)8-7-19(3)9-10-21-4/h5-6,11-12H,7-10,17H2,1-4H3. The van der Waals surface area contributed by atoms with E-state index in [4.69, 9.17) is 15.5 Å². The van der Waals surface area contributed by atoms with Crippen molar-refractivity contribution in [2.45, 2.75) is 26.3 Å². The van der Waals surface area contributed by atoms with Gasteiger partial charge in [0.05, 0.1) is 17.6 Å². The van der Waals surface area contributed by atoms with Crippen LogP contribution in [-0.4, -0.2) is 48.3 Å². The highest BCUT2D eigenvalue weighted by Crippen LogP contribution is 2.23. The first kappa shape index (κ1) is 15.8. The Kier molecular flexibility index (Phi) is 5.20. The number of ether oxygens (including phenoxy) is 1. The fourth-order valence-corrected chi connectivity index (χ4v) is 2.47. The van der Waals surface area contributed by atoms with Crippen LogP contribution in [0.15, 0.2) is 18.2 Å². The Hall–Kier alpha value is -1.59. The van der Waals surface area contributed by atoms with E-state index in [2.05, 4.69) is 36.4 Å². The Labute approximate surface area is 126 Å². The number of nitrogen functional groups attached to an aromatic ring is 1. The molecule has 1 aromatic carbocycles. The molecule has 1 aromatic heterocycles. The zero-order valence-corrected chi connectivity index (χ0v) is 13.5. The molecule has 0 bridgehead atoms. The van der Waals surface area contributed by atoms with E-state index in [1.54, 1.807) is 7.11 Å². The van der Waals surface area contributed by atoms with Crippen LogP contribution < -0.4 is 5.73 Å². The van der Waals surface area contributed by atoms with Gasteiger partial charge in [0.15, 0.2) is 0 Å². The van der Waals surface area contributed by atoms with Gasteiger partial charge in [0, 0.05) is 38.3 Å². The Morgan fingerprint density at radius 3 is 2.76 bits per heavy atom. The number of likely N-dealkylation sites (N-methyl/N-ethyl adjacent to an activating group) is 1. The van der Waals surface area contributed by atoms with Gasteiger partial charge < -0.3 is 19.9 Å². The first-order valence-corrected chi connectivity index (χ1v) is 7.46. The van der Waals surface area contributed by atoms with Gasteiger partial charge in [-0.05, 0) is 25.2 Å². The second-order valence-corrected chi connectivity index (χ2v) is 5.82. The number of rotatable bonds is 7. The van der Waals surface area contributed by atoms with E-state index in [0.29, 0.717) is 5.92 Å². The molecule has 0 aliphatic heterocycles. The topological polar surface area (TPSA) is 56.3 Å². The summed E-state index contributed by atoms with van der Waals surface area (Å²) in [5.74, 6) is 1.51. The van der Waals surface area contributed by atoms with Crippen LogP contribution in [0.5, 0.6) is 0 Å². The van der Waals surface area contributed by atoms with Crippen LogP contribution >= 0.6 is 0 Å². The molecule has 0 aliphatic carbocycles. The minimum atomic E-state index is 0.392. The highest BCUT2D eigenvalue weighted by atomic mass is 16.5. The molecule has 0 amide bonds. The molecule has 0 fully saturated rings. The molecule has 0 aliphatic rings. The fraction of sp³-hybridized carbons (Fsp3) is 0.562. The van der Waals surface area contributed by atoms with Crippen molar-refractivity contribution < 1.29 is 4.74 Å². The van der Waals surface area contributed by atoms with Crippen molar-refractivity contribution in [1.82, 2.24) is 14.5 Å². The van der Waals surface area contributed by atoms with E-state index >= 15 is 0 Å². The lowest BCUT2D eigenvalue weighted by atomic mass is 10.2. The number of nitrogens with two attached hydrogens (primary N) is 1. The number of hydrogen-bond acceptors (Lipinski definition) is 4. The molecule has 116 valence electrons. The van der Waals surface area contributed by atoms with Crippen LogP contribution in [0.4, 0.5) is 5.69 Å². The van der Waals surface area contributed by atoms with Crippen molar-refractivity contribution in [2.24, 2.45) is 0 Å². The largest absolute Gasteiger partial charge is 0.399 e. The van der Waals surface area contributed by atoms with Crippen LogP contribution in [0.1, 0.15) is 25.6 Å². The lowest BCUT2D eigenvalue weighted by Gasteiger charge is -2.18. The normalized spacial score (nSPS) is 11.9. The van der Waals surface area contributed by atoms with Crippen molar-refractivity contribution in [3.8, 4) is 0 Å². The summed E-state index contributed by atoms with van der Waals surface area (Å²) < 4.78 is 7.43. The highest BCUT2D eigenvalue weighted by molar-refractivity contribution is 5.79. The van der Waals surface area contributed by atoms with Crippen molar-refractivity contribution in [3.63, 3.8) is 0 Å². The van der Waals surface area contributed by atoms with E-state index in [1.807, 2.05) is 12.1 Å². The molecule has 2 N–H and O–H groups in total. The summed E-state index contributed by atoms with van der Waals surface area (Å²) in [4.78, 5) is 7.03. The second kappa shape index (κ2) is 6.91. The predicted octanol–water partition coefficient (Wildman–Crippen LogP) is 2.32. The Morgan fingerprint density at radius 2 is 2.10 bits per heavy atom. The lowest BCUT2D eigenvalue weighted by molar-refractivity contribution is 0.159. The van der Waals surface area contributed by atoms with Gasteiger partial charge in [0.1, 0.15) is 5.82 Å². The number of aromatic nitrogens is 2. The van der Waals surface area contributed by atoms with Crippen molar-refractivity contribution in [2.75, 3.05) is 39.6 Å². The Balaban J connectivity index is 2.22. The predicted molar refractivity (Wildman–Crippen MR) is 87.6 cm³/mol. The van der Waals surface area contributed by atoms with Crippen LogP contribution in [0, 0.1) is 0 Å². The van der Waals surface area contributed by atoms with Crippen molar-refractivity contribution in [1.29, 1.82) is 0 Å². The van der Waals surface area contributed by atoms with Crippen molar-refractivity contribution in [3.05, 3.63) is 24.0 Å². The molecule has 0 saturated heterocycles. The first-order chi connectivity index (χ1) is 10.0. The molecule has 0 spiro atoms. The van der Waals surface area contributed by atoms with Gasteiger partial charge in [-0.2, -0.15) is 0 Å². The summed E-state index contributed by atoms with van der Waals surface area (Å²) in [5, 5.41) is 0. The van der Waals surface area contributed by atoms with Gasteiger partial charge in [0.25, 0.3) is 0 Å². The maximum atomic E-state index is 5.86. The van der Waals surface area contributed by atoms with E-state index in [0.717, 1.165) is 48.8 Å². The van der Waals surface area contributed by atoms with E-state index in [9.17, 15) is 0 Å². The summed E-state index contributed by atoms with van der Waals surface area (Å²) in [6.07, 6.45) is 0. The lowest BCUT2D eigenvalue weighted by Crippen LogP contribution is -2.27. The average Bonchev–Trinajstić information content (AvgIpc) is 2.80. The second-order valence-electron chi connectivity index (χ2n) is 5.82. The third kappa shape index (κ3) is 3.74. The zero-order valence-electron chi connectivity index (χ0n) is 13.5. The number of imidazole rings is 1. The first-order valence-electron chi connectivity index (χ1n) is 7.46. The Bertz CT molecular complexity index is 591. The molecule has 0 radical (unpaired) electrons. The van der Waals surface area contributed by atoms with Crippen LogP contribution in [0.25, 0.3) is 11.0 Å². The maximum absolute atomic E-state index is 5.86. The molecule has 0 atom stereocenters. The summed E-state index contributed by atoms with van der Waals surface area (Å²) in [7, 11) is 3.85. The molecule has 21 heavy (non-hydrogen) atoms.